The molecule has 60 valence electrons. The quantitative estimate of drug-likeness (QED) is 0.523. The molecule has 0 aliphatic heterocycles. The van der Waals surface area contributed by atoms with Crippen molar-refractivity contribution in [1.82, 2.24) is 0 Å². The van der Waals surface area contributed by atoms with Crippen LogP contribution < -0.4 is 11.5 Å². The van der Waals surface area contributed by atoms with Gasteiger partial charge in [0.05, 0.1) is 17.5 Å². The van der Waals surface area contributed by atoms with E-state index < -0.39 is 6.10 Å². The molecule has 1 rings (SSSR count). The van der Waals surface area contributed by atoms with Crippen LogP contribution in [0.25, 0.3) is 0 Å². The predicted molar refractivity (Wildman–Crippen MR) is 45.9 cm³/mol. The van der Waals surface area contributed by atoms with Gasteiger partial charge in [-0.25, -0.2) is 0 Å². The van der Waals surface area contributed by atoms with Crippen LogP contribution in [0.4, 0.5) is 11.4 Å². The summed E-state index contributed by atoms with van der Waals surface area (Å²) >= 11 is 0. The van der Waals surface area contributed by atoms with Crippen LogP contribution in [0, 0.1) is 0 Å². The van der Waals surface area contributed by atoms with E-state index in [1.807, 2.05) is 0 Å². The number of anilines is 2. The molecule has 0 spiro atoms. The van der Waals surface area contributed by atoms with E-state index in [-0.39, 0.29) is 0 Å². The summed E-state index contributed by atoms with van der Waals surface area (Å²) in [5.41, 5.74) is 12.9. The molecule has 0 aliphatic rings. The first-order chi connectivity index (χ1) is 5.11. The monoisotopic (exact) mass is 152 g/mol. The molecule has 0 aliphatic carbocycles. The maximum absolute atomic E-state index is 9.14. The lowest BCUT2D eigenvalue weighted by atomic mass is 10.1. The van der Waals surface area contributed by atoms with Gasteiger partial charge in [-0.2, -0.15) is 0 Å². The van der Waals surface area contributed by atoms with Gasteiger partial charge in [-0.3, -0.25) is 0 Å². The molecule has 0 saturated heterocycles. The molecule has 0 radical (unpaired) electrons. The largest absolute Gasteiger partial charge is 0.397 e. The minimum absolute atomic E-state index is 0.488. The van der Waals surface area contributed by atoms with Gasteiger partial charge in [-0.05, 0) is 24.6 Å². The zero-order chi connectivity index (χ0) is 8.43. The van der Waals surface area contributed by atoms with Crippen LogP contribution in [0.2, 0.25) is 0 Å². The lowest BCUT2D eigenvalue weighted by Gasteiger charge is -2.06. The Balaban J connectivity index is 3.05. The van der Waals surface area contributed by atoms with Crippen LogP contribution in [0.5, 0.6) is 0 Å². The summed E-state index contributed by atoms with van der Waals surface area (Å²) in [6.45, 7) is 1.69. The number of aliphatic hydroxyl groups excluding tert-OH is 1. The highest BCUT2D eigenvalue weighted by Crippen LogP contribution is 2.20. The highest BCUT2D eigenvalue weighted by Gasteiger charge is 2.01. The lowest BCUT2D eigenvalue weighted by Crippen LogP contribution is -1.97. The third kappa shape index (κ3) is 1.62. The summed E-state index contributed by atoms with van der Waals surface area (Å²) in [7, 11) is 0. The van der Waals surface area contributed by atoms with Crippen LogP contribution in [-0.4, -0.2) is 5.11 Å². The van der Waals surface area contributed by atoms with Crippen LogP contribution in [0.1, 0.15) is 18.6 Å². The highest BCUT2D eigenvalue weighted by molar-refractivity contribution is 5.64. The highest BCUT2D eigenvalue weighted by atomic mass is 16.3. The van der Waals surface area contributed by atoms with Crippen LogP contribution in [0.3, 0.4) is 0 Å². The smallest absolute Gasteiger partial charge is 0.0762 e. The second kappa shape index (κ2) is 2.80. The Morgan fingerprint density at radius 1 is 1.27 bits per heavy atom. The second-order valence-electron chi connectivity index (χ2n) is 2.56. The van der Waals surface area contributed by atoms with Gasteiger partial charge in [0.1, 0.15) is 0 Å². The first-order valence-corrected chi connectivity index (χ1v) is 3.44. The van der Waals surface area contributed by atoms with Crippen molar-refractivity contribution in [2.24, 2.45) is 0 Å². The van der Waals surface area contributed by atoms with Gasteiger partial charge in [0, 0.05) is 0 Å². The van der Waals surface area contributed by atoms with Crippen molar-refractivity contribution < 1.29 is 5.11 Å². The molecule has 11 heavy (non-hydrogen) atoms. The summed E-state index contributed by atoms with van der Waals surface area (Å²) in [5, 5.41) is 9.14. The van der Waals surface area contributed by atoms with E-state index in [0.29, 0.717) is 11.4 Å². The van der Waals surface area contributed by atoms with Crippen molar-refractivity contribution in [3.05, 3.63) is 23.8 Å². The molecule has 0 aromatic heterocycles. The van der Waals surface area contributed by atoms with E-state index >= 15 is 0 Å². The summed E-state index contributed by atoms with van der Waals surface area (Å²) in [6, 6.07) is 5.13. The molecule has 0 unspecified atom stereocenters. The fourth-order valence-electron chi connectivity index (χ4n) is 0.853. The van der Waals surface area contributed by atoms with E-state index in [4.69, 9.17) is 16.6 Å². The van der Waals surface area contributed by atoms with Crippen molar-refractivity contribution in [3.8, 4) is 0 Å². The summed E-state index contributed by atoms with van der Waals surface area (Å²) in [6.07, 6.45) is -0.488. The summed E-state index contributed by atoms with van der Waals surface area (Å²) in [5.74, 6) is 0. The Hall–Kier alpha value is -1.22. The maximum Gasteiger partial charge on any atom is 0.0762 e. The molecule has 0 amide bonds. The van der Waals surface area contributed by atoms with Gasteiger partial charge >= 0.3 is 0 Å². The van der Waals surface area contributed by atoms with Gasteiger partial charge in [-0.15, -0.1) is 0 Å². The Bertz CT molecular complexity index is 258. The van der Waals surface area contributed by atoms with Crippen molar-refractivity contribution in [2.45, 2.75) is 13.0 Å². The summed E-state index contributed by atoms with van der Waals surface area (Å²) < 4.78 is 0. The van der Waals surface area contributed by atoms with Gasteiger partial charge in [0.25, 0.3) is 0 Å². The number of nitrogens with two attached hydrogens (primary N) is 2. The molecule has 1 atom stereocenters. The third-order valence-corrected chi connectivity index (χ3v) is 1.59. The van der Waals surface area contributed by atoms with E-state index in [9.17, 15) is 0 Å². The molecule has 0 heterocycles. The minimum atomic E-state index is -0.488. The Kier molecular flexibility index (Phi) is 2.01. The number of hydrogen-bond acceptors (Lipinski definition) is 3. The number of rotatable bonds is 1. The van der Waals surface area contributed by atoms with E-state index in [1.54, 1.807) is 25.1 Å². The van der Waals surface area contributed by atoms with E-state index in [1.165, 1.54) is 0 Å². The van der Waals surface area contributed by atoms with Gasteiger partial charge < -0.3 is 16.6 Å². The topological polar surface area (TPSA) is 72.3 Å². The molecule has 0 saturated carbocycles. The molecule has 3 nitrogen and oxygen atoms in total. The summed E-state index contributed by atoms with van der Waals surface area (Å²) in [4.78, 5) is 0. The number of benzene rings is 1. The van der Waals surface area contributed by atoms with Gasteiger partial charge in [-0.1, -0.05) is 6.07 Å². The van der Waals surface area contributed by atoms with E-state index in [2.05, 4.69) is 0 Å². The van der Waals surface area contributed by atoms with Crippen molar-refractivity contribution >= 4 is 11.4 Å². The minimum Gasteiger partial charge on any atom is -0.397 e. The molecule has 5 N–H and O–H groups in total. The average Bonchev–Trinajstić information content (AvgIpc) is 1.94. The molecular weight excluding hydrogens is 140 g/mol. The Morgan fingerprint density at radius 3 is 2.36 bits per heavy atom. The van der Waals surface area contributed by atoms with Crippen molar-refractivity contribution in [1.29, 1.82) is 0 Å². The molecule has 1 aromatic rings. The maximum atomic E-state index is 9.14. The SMILES string of the molecule is C[C@@H](O)c1ccc(N)c(N)c1. The second-order valence-corrected chi connectivity index (χ2v) is 2.56. The number of nitrogen functional groups attached to an aromatic ring is 2. The molecule has 1 aromatic carbocycles. The van der Waals surface area contributed by atoms with Gasteiger partial charge in [0.2, 0.25) is 0 Å². The molecule has 3 heteroatoms. The van der Waals surface area contributed by atoms with Crippen molar-refractivity contribution in [3.63, 3.8) is 0 Å². The first kappa shape index (κ1) is 7.88. The zero-order valence-corrected chi connectivity index (χ0v) is 6.41. The lowest BCUT2D eigenvalue weighted by molar-refractivity contribution is 0.199. The van der Waals surface area contributed by atoms with Crippen LogP contribution in [-0.2, 0) is 0 Å². The van der Waals surface area contributed by atoms with Crippen molar-refractivity contribution in [2.75, 3.05) is 11.5 Å². The molecule has 0 fully saturated rings. The number of aliphatic hydroxyl groups is 1. The predicted octanol–water partition coefficient (Wildman–Crippen LogP) is 0.904. The van der Waals surface area contributed by atoms with Crippen LogP contribution >= 0.6 is 0 Å². The first-order valence-electron chi connectivity index (χ1n) is 3.44. The van der Waals surface area contributed by atoms with Crippen LogP contribution in [0.15, 0.2) is 18.2 Å². The molecule has 0 bridgehead atoms. The third-order valence-electron chi connectivity index (χ3n) is 1.59. The zero-order valence-electron chi connectivity index (χ0n) is 6.41. The Morgan fingerprint density at radius 2 is 1.91 bits per heavy atom. The Labute approximate surface area is 65.6 Å². The molecular formula is C8H12N2O. The normalized spacial score (nSPS) is 12.9. The number of hydrogen-bond donors (Lipinski definition) is 3. The fraction of sp³-hybridized carbons (Fsp3) is 0.250. The van der Waals surface area contributed by atoms with Gasteiger partial charge in [0.15, 0.2) is 0 Å². The fourth-order valence-corrected chi connectivity index (χ4v) is 0.853. The van der Waals surface area contributed by atoms with E-state index in [0.717, 1.165) is 5.56 Å². The average molecular weight is 152 g/mol. The standard InChI is InChI=1S/C8H12N2O/c1-5(11)6-2-3-7(9)8(10)4-6/h2-5,11H,9-10H2,1H3/t5-/m1/s1.